The Morgan fingerprint density at radius 1 is 1.09 bits per heavy atom. The van der Waals surface area contributed by atoms with Gasteiger partial charge in [-0.2, -0.15) is 0 Å². The van der Waals surface area contributed by atoms with Crippen molar-refractivity contribution in [3.63, 3.8) is 0 Å². The van der Waals surface area contributed by atoms with E-state index in [-0.39, 0.29) is 18.2 Å². The summed E-state index contributed by atoms with van der Waals surface area (Å²) in [5.74, 6) is -0.466. The van der Waals surface area contributed by atoms with Crippen molar-refractivity contribution >= 4 is 34.8 Å². The van der Waals surface area contributed by atoms with E-state index in [0.717, 1.165) is 5.56 Å². The van der Waals surface area contributed by atoms with Gasteiger partial charge in [-0.3, -0.25) is 9.59 Å². The summed E-state index contributed by atoms with van der Waals surface area (Å²) in [6, 6.07) is 13.9. The van der Waals surface area contributed by atoms with Crippen molar-refractivity contribution in [2.75, 3.05) is 10.2 Å². The minimum absolute atomic E-state index is 0.123. The lowest BCUT2D eigenvalue weighted by molar-refractivity contribution is -0.121. The highest BCUT2D eigenvalue weighted by Gasteiger charge is 2.39. The zero-order chi connectivity index (χ0) is 15.7. The number of hydrogen-bond donors (Lipinski definition) is 1. The second kappa shape index (κ2) is 5.81. The first-order valence-electron chi connectivity index (χ1n) is 7.01. The third-order valence-corrected chi connectivity index (χ3v) is 3.97. The molecule has 0 radical (unpaired) electrons. The summed E-state index contributed by atoms with van der Waals surface area (Å²) in [5, 5.41) is 3.58. The molecule has 112 valence electrons. The van der Waals surface area contributed by atoms with Gasteiger partial charge in [-0.1, -0.05) is 41.4 Å². The van der Waals surface area contributed by atoms with E-state index in [2.05, 4.69) is 5.32 Å². The molecule has 1 heterocycles. The third kappa shape index (κ3) is 2.70. The fourth-order valence-corrected chi connectivity index (χ4v) is 2.67. The van der Waals surface area contributed by atoms with Crippen LogP contribution >= 0.6 is 11.6 Å². The summed E-state index contributed by atoms with van der Waals surface area (Å²) in [6.45, 7) is 1.96. The lowest BCUT2D eigenvalue weighted by Crippen LogP contribution is -2.34. The summed E-state index contributed by atoms with van der Waals surface area (Å²) < 4.78 is 0. The van der Waals surface area contributed by atoms with Crippen LogP contribution in [0.4, 0.5) is 11.4 Å². The SMILES string of the molecule is Cc1ccc(N2C(=O)CC(Nc3ccccc3Cl)C2=O)cc1. The molecule has 0 aromatic heterocycles. The predicted octanol–water partition coefficient (Wildman–Crippen LogP) is 3.39. The van der Waals surface area contributed by atoms with E-state index in [4.69, 9.17) is 11.6 Å². The van der Waals surface area contributed by atoms with Crippen molar-refractivity contribution < 1.29 is 9.59 Å². The molecule has 1 unspecified atom stereocenters. The van der Waals surface area contributed by atoms with Gasteiger partial charge in [0, 0.05) is 0 Å². The Balaban J connectivity index is 1.82. The minimum atomic E-state index is -0.589. The van der Waals surface area contributed by atoms with Crippen LogP contribution in [0.25, 0.3) is 0 Å². The highest BCUT2D eigenvalue weighted by atomic mass is 35.5. The summed E-state index contributed by atoms with van der Waals surface area (Å²) in [4.78, 5) is 25.9. The van der Waals surface area contributed by atoms with Crippen LogP contribution in [0.15, 0.2) is 48.5 Å². The number of anilines is 2. The summed E-state index contributed by atoms with van der Waals surface area (Å²) in [6.07, 6.45) is 0.123. The number of nitrogens with zero attached hydrogens (tertiary/aromatic N) is 1. The van der Waals surface area contributed by atoms with Crippen LogP contribution in [0.2, 0.25) is 5.02 Å². The first kappa shape index (κ1) is 14.6. The van der Waals surface area contributed by atoms with Crippen molar-refractivity contribution in [3.8, 4) is 0 Å². The molecule has 1 saturated heterocycles. The Morgan fingerprint density at radius 3 is 2.45 bits per heavy atom. The van der Waals surface area contributed by atoms with E-state index >= 15 is 0 Å². The van der Waals surface area contributed by atoms with Crippen LogP contribution in [0.3, 0.4) is 0 Å². The summed E-state index contributed by atoms with van der Waals surface area (Å²) >= 11 is 6.09. The number of hydrogen-bond acceptors (Lipinski definition) is 3. The fraction of sp³-hybridized carbons (Fsp3) is 0.176. The predicted molar refractivity (Wildman–Crippen MR) is 87.2 cm³/mol. The van der Waals surface area contributed by atoms with E-state index in [9.17, 15) is 9.59 Å². The quantitative estimate of drug-likeness (QED) is 0.883. The van der Waals surface area contributed by atoms with Crippen LogP contribution in [0.5, 0.6) is 0 Å². The van der Waals surface area contributed by atoms with Crippen molar-refractivity contribution in [2.45, 2.75) is 19.4 Å². The largest absolute Gasteiger partial charge is 0.372 e. The highest BCUT2D eigenvalue weighted by Crippen LogP contribution is 2.27. The third-order valence-electron chi connectivity index (χ3n) is 3.64. The van der Waals surface area contributed by atoms with Crippen molar-refractivity contribution in [1.29, 1.82) is 0 Å². The molecule has 2 aromatic rings. The maximum absolute atomic E-state index is 12.5. The van der Waals surface area contributed by atoms with Crippen LogP contribution in [0, 0.1) is 6.92 Å². The molecule has 1 aliphatic rings. The number of para-hydroxylation sites is 1. The van der Waals surface area contributed by atoms with Gasteiger partial charge in [0.2, 0.25) is 5.91 Å². The standard InChI is InChI=1S/C17H15ClN2O2/c1-11-6-8-12(9-7-11)20-16(21)10-15(17(20)22)19-14-5-3-2-4-13(14)18/h2-9,15,19H,10H2,1H3. The van der Waals surface area contributed by atoms with Crippen molar-refractivity contribution in [2.24, 2.45) is 0 Å². The molecule has 4 nitrogen and oxygen atoms in total. The topological polar surface area (TPSA) is 49.4 Å². The van der Waals surface area contributed by atoms with Gasteiger partial charge in [-0.05, 0) is 31.2 Å². The van der Waals surface area contributed by atoms with E-state index in [1.54, 1.807) is 24.3 Å². The molecule has 1 fully saturated rings. The number of imide groups is 1. The molecule has 0 aliphatic carbocycles. The Kier molecular flexibility index (Phi) is 3.86. The Bertz CT molecular complexity index is 728. The van der Waals surface area contributed by atoms with Crippen LogP contribution < -0.4 is 10.2 Å². The van der Waals surface area contributed by atoms with Crippen molar-refractivity contribution in [1.82, 2.24) is 0 Å². The molecular formula is C17H15ClN2O2. The zero-order valence-corrected chi connectivity index (χ0v) is 12.8. The van der Waals surface area contributed by atoms with Crippen molar-refractivity contribution in [3.05, 3.63) is 59.1 Å². The maximum atomic E-state index is 12.5. The fourth-order valence-electron chi connectivity index (χ4n) is 2.48. The van der Waals surface area contributed by atoms with E-state index in [1.807, 2.05) is 31.2 Å². The molecule has 0 spiro atoms. The van der Waals surface area contributed by atoms with Gasteiger partial charge in [0.15, 0.2) is 0 Å². The second-order valence-electron chi connectivity index (χ2n) is 5.28. The number of carbonyl (C=O) groups is 2. The van der Waals surface area contributed by atoms with Crippen LogP contribution in [-0.4, -0.2) is 17.9 Å². The molecule has 2 aromatic carbocycles. The van der Waals surface area contributed by atoms with Gasteiger partial charge in [-0.25, -0.2) is 4.90 Å². The van der Waals surface area contributed by atoms with Gasteiger partial charge in [0.1, 0.15) is 6.04 Å². The van der Waals surface area contributed by atoms with Gasteiger partial charge >= 0.3 is 0 Å². The molecule has 0 saturated carbocycles. The molecule has 1 N–H and O–H groups in total. The molecule has 3 rings (SSSR count). The summed E-state index contributed by atoms with van der Waals surface area (Å²) in [5.41, 5.74) is 2.33. The molecule has 5 heteroatoms. The monoisotopic (exact) mass is 314 g/mol. The number of nitrogens with one attached hydrogen (secondary N) is 1. The number of carbonyl (C=O) groups excluding carboxylic acids is 2. The molecule has 1 aliphatic heterocycles. The number of benzene rings is 2. The van der Waals surface area contributed by atoms with Gasteiger partial charge < -0.3 is 5.32 Å². The number of aryl methyl sites for hydroxylation is 1. The molecule has 0 bridgehead atoms. The van der Waals surface area contributed by atoms with Crippen LogP contribution in [0.1, 0.15) is 12.0 Å². The Morgan fingerprint density at radius 2 is 1.77 bits per heavy atom. The first-order valence-corrected chi connectivity index (χ1v) is 7.38. The van der Waals surface area contributed by atoms with Crippen LogP contribution in [-0.2, 0) is 9.59 Å². The highest BCUT2D eigenvalue weighted by molar-refractivity contribution is 6.33. The lowest BCUT2D eigenvalue weighted by atomic mass is 10.2. The minimum Gasteiger partial charge on any atom is -0.372 e. The molecule has 22 heavy (non-hydrogen) atoms. The Hall–Kier alpha value is -2.33. The summed E-state index contributed by atoms with van der Waals surface area (Å²) in [7, 11) is 0. The zero-order valence-electron chi connectivity index (χ0n) is 12.0. The molecule has 2 amide bonds. The van der Waals surface area contributed by atoms with Gasteiger partial charge in [-0.15, -0.1) is 0 Å². The average Bonchev–Trinajstić information content (AvgIpc) is 2.77. The number of rotatable bonds is 3. The number of amides is 2. The van der Waals surface area contributed by atoms with E-state index < -0.39 is 6.04 Å². The van der Waals surface area contributed by atoms with Gasteiger partial charge in [0.05, 0.1) is 22.8 Å². The van der Waals surface area contributed by atoms with E-state index in [0.29, 0.717) is 16.4 Å². The average molecular weight is 315 g/mol. The second-order valence-corrected chi connectivity index (χ2v) is 5.69. The Labute approximate surface area is 133 Å². The maximum Gasteiger partial charge on any atom is 0.256 e. The number of halogens is 1. The van der Waals surface area contributed by atoms with E-state index in [1.165, 1.54) is 4.90 Å². The molecular weight excluding hydrogens is 300 g/mol. The van der Waals surface area contributed by atoms with Gasteiger partial charge in [0.25, 0.3) is 5.91 Å². The normalized spacial score (nSPS) is 17.9. The lowest BCUT2D eigenvalue weighted by Gasteiger charge is -2.16. The smallest absolute Gasteiger partial charge is 0.256 e. The molecule has 1 atom stereocenters. The first-order chi connectivity index (χ1) is 10.6.